The molecule has 1 aromatic carbocycles. The van der Waals surface area contributed by atoms with Gasteiger partial charge in [0.2, 0.25) is 0 Å². The maximum atomic E-state index is 6.17. The van der Waals surface area contributed by atoms with Gasteiger partial charge in [0.25, 0.3) is 0 Å². The van der Waals surface area contributed by atoms with Crippen LogP contribution in [0.2, 0.25) is 10.0 Å². The molecule has 0 unspecified atom stereocenters. The van der Waals surface area contributed by atoms with E-state index >= 15 is 0 Å². The summed E-state index contributed by atoms with van der Waals surface area (Å²) in [5.74, 6) is 0. The zero-order chi connectivity index (χ0) is 12.4. The van der Waals surface area contributed by atoms with Crippen molar-refractivity contribution in [1.82, 2.24) is 10.3 Å². The van der Waals surface area contributed by atoms with Gasteiger partial charge in [0, 0.05) is 17.0 Å². The number of aromatic nitrogens is 1. The lowest BCUT2D eigenvalue weighted by atomic mass is 10.2. The van der Waals surface area contributed by atoms with Gasteiger partial charge in [-0.1, -0.05) is 29.3 Å². The van der Waals surface area contributed by atoms with Crippen LogP contribution in [-0.4, -0.2) is 12.0 Å². The number of nitrogens with one attached hydrogen (secondary N) is 1. The quantitative estimate of drug-likeness (QED) is 0.917. The van der Waals surface area contributed by atoms with Crippen molar-refractivity contribution in [2.75, 3.05) is 7.05 Å². The Bertz CT molecular complexity index is 517. The fourth-order valence-electron chi connectivity index (χ4n) is 1.56. The Morgan fingerprint density at radius 2 is 1.94 bits per heavy atom. The second-order valence-corrected chi connectivity index (χ2v) is 5.55. The molecule has 0 atom stereocenters. The predicted octanol–water partition coefficient (Wildman–Crippen LogP) is 4.14. The second kappa shape index (κ2) is 5.36. The molecule has 0 aliphatic heterocycles. The normalized spacial score (nSPS) is 10.8. The summed E-state index contributed by atoms with van der Waals surface area (Å²) in [5, 5.41) is 5.28. The van der Waals surface area contributed by atoms with Crippen LogP contribution in [0, 0.1) is 6.92 Å². The summed E-state index contributed by atoms with van der Waals surface area (Å²) in [6, 6.07) is 5.50. The largest absolute Gasteiger partial charge is 0.315 e. The lowest BCUT2D eigenvalue weighted by Gasteiger charge is -2.02. The molecule has 5 heteroatoms. The van der Waals surface area contributed by atoms with Gasteiger partial charge in [0.05, 0.1) is 15.7 Å². The monoisotopic (exact) mass is 286 g/mol. The van der Waals surface area contributed by atoms with E-state index in [1.165, 1.54) is 4.88 Å². The molecule has 0 aliphatic rings. The number of rotatable bonds is 3. The molecule has 90 valence electrons. The first kappa shape index (κ1) is 12.8. The van der Waals surface area contributed by atoms with Crippen molar-refractivity contribution in [2.45, 2.75) is 13.5 Å². The van der Waals surface area contributed by atoms with Crippen molar-refractivity contribution in [2.24, 2.45) is 0 Å². The lowest BCUT2D eigenvalue weighted by Crippen LogP contribution is -2.04. The molecule has 17 heavy (non-hydrogen) atoms. The molecule has 2 aromatic rings. The molecule has 0 aliphatic carbocycles. The van der Waals surface area contributed by atoms with E-state index in [9.17, 15) is 0 Å². The van der Waals surface area contributed by atoms with E-state index in [2.05, 4.69) is 10.3 Å². The first-order valence-electron chi connectivity index (χ1n) is 5.18. The number of hydrogen-bond donors (Lipinski definition) is 1. The summed E-state index contributed by atoms with van der Waals surface area (Å²) < 4.78 is 0. The number of halogens is 2. The van der Waals surface area contributed by atoms with Gasteiger partial charge in [0.15, 0.2) is 0 Å². The third-order valence-corrected chi connectivity index (χ3v) is 4.21. The van der Waals surface area contributed by atoms with Gasteiger partial charge < -0.3 is 5.32 Å². The van der Waals surface area contributed by atoms with Crippen molar-refractivity contribution in [1.29, 1.82) is 0 Å². The third kappa shape index (κ3) is 2.63. The van der Waals surface area contributed by atoms with Crippen molar-refractivity contribution < 1.29 is 0 Å². The van der Waals surface area contributed by atoms with Gasteiger partial charge >= 0.3 is 0 Å². The maximum Gasteiger partial charge on any atom is 0.126 e. The van der Waals surface area contributed by atoms with Crippen molar-refractivity contribution in [3.63, 3.8) is 0 Å². The van der Waals surface area contributed by atoms with E-state index in [0.29, 0.717) is 10.0 Å². The SMILES string of the molecule is CNCc1sc(-c2c(Cl)cccc2Cl)nc1C. The van der Waals surface area contributed by atoms with Gasteiger partial charge in [0.1, 0.15) is 5.01 Å². The minimum Gasteiger partial charge on any atom is -0.315 e. The number of aryl methyl sites for hydroxylation is 1. The standard InChI is InChI=1S/C12H12Cl2N2S/c1-7-10(6-15-2)17-12(16-7)11-8(13)4-3-5-9(11)14/h3-5,15H,6H2,1-2H3. The van der Waals surface area contributed by atoms with Crippen molar-refractivity contribution >= 4 is 34.5 Å². The van der Waals surface area contributed by atoms with Crippen LogP contribution in [0.15, 0.2) is 18.2 Å². The van der Waals surface area contributed by atoms with E-state index in [0.717, 1.165) is 22.8 Å². The molecule has 0 fully saturated rings. The number of hydrogen-bond acceptors (Lipinski definition) is 3. The summed E-state index contributed by atoms with van der Waals surface area (Å²) in [6.07, 6.45) is 0. The van der Waals surface area contributed by atoms with Crippen LogP contribution in [-0.2, 0) is 6.54 Å². The maximum absolute atomic E-state index is 6.17. The minimum absolute atomic E-state index is 0.641. The van der Waals surface area contributed by atoms with Gasteiger partial charge in [-0.25, -0.2) is 4.98 Å². The van der Waals surface area contributed by atoms with E-state index < -0.39 is 0 Å². The van der Waals surface area contributed by atoms with Crippen LogP contribution < -0.4 is 5.32 Å². The number of benzene rings is 1. The summed E-state index contributed by atoms with van der Waals surface area (Å²) in [5.41, 5.74) is 1.85. The molecule has 0 radical (unpaired) electrons. The van der Waals surface area contributed by atoms with Gasteiger partial charge in [-0.05, 0) is 26.1 Å². The molecule has 0 saturated carbocycles. The first-order valence-corrected chi connectivity index (χ1v) is 6.76. The number of nitrogens with zero attached hydrogens (tertiary/aromatic N) is 1. The topological polar surface area (TPSA) is 24.9 Å². The number of thiazole rings is 1. The molecule has 0 spiro atoms. The van der Waals surface area contributed by atoms with E-state index in [1.54, 1.807) is 11.3 Å². The van der Waals surface area contributed by atoms with Crippen LogP contribution in [0.3, 0.4) is 0 Å². The van der Waals surface area contributed by atoms with Crippen LogP contribution in [0.5, 0.6) is 0 Å². The summed E-state index contributed by atoms with van der Waals surface area (Å²) in [4.78, 5) is 5.74. The average Bonchev–Trinajstić information content (AvgIpc) is 2.60. The Morgan fingerprint density at radius 1 is 1.29 bits per heavy atom. The molecule has 0 amide bonds. The van der Waals surface area contributed by atoms with Gasteiger partial charge in [-0.3, -0.25) is 0 Å². The highest BCUT2D eigenvalue weighted by Crippen LogP contribution is 2.37. The van der Waals surface area contributed by atoms with Crippen molar-refractivity contribution in [3.8, 4) is 10.6 Å². The summed E-state index contributed by atoms with van der Waals surface area (Å²) in [7, 11) is 1.92. The second-order valence-electron chi connectivity index (χ2n) is 3.65. The molecule has 1 aromatic heterocycles. The Labute approximate surface area is 115 Å². The molecule has 0 bridgehead atoms. The highest BCUT2D eigenvalue weighted by Gasteiger charge is 2.14. The minimum atomic E-state index is 0.641. The zero-order valence-electron chi connectivity index (χ0n) is 9.55. The van der Waals surface area contributed by atoms with Crippen LogP contribution in [0.25, 0.3) is 10.6 Å². The molecule has 0 saturated heterocycles. The van der Waals surface area contributed by atoms with Crippen LogP contribution >= 0.6 is 34.5 Å². The van der Waals surface area contributed by atoms with E-state index in [1.807, 2.05) is 32.2 Å². The molecule has 2 nitrogen and oxygen atoms in total. The van der Waals surface area contributed by atoms with E-state index in [4.69, 9.17) is 23.2 Å². The molecule has 2 rings (SSSR count). The fourth-order valence-corrected chi connectivity index (χ4v) is 3.40. The van der Waals surface area contributed by atoms with Gasteiger partial charge in [-0.2, -0.15) is 0 Å². The zero-order valence-corrected chi connectivity index (χ0v) is 11.9. The summed E-state index contributed by atoms with van der Waals surface area (Å²) >= 11 is 14.0. The fraction of sp³-hybridized carbons (Fsp3) is 0.250. The van der Waals surface area contributed by atoms with Crippen LogP contribution in [0.4, 0.5) is 0 Å². The predicted molar refractivity (Wildman–Crippen MR) is 75.1 cm³/mol. The molecule has 1 N–H and O–H groups in total. The van der Waals surface area contributed by atoms with Crippen molar-refractivity contribution in [3.05, 3.63) is 38.8 Å². The highest BCUT2D eigenvalue weighted by atomic mass is 35.5. The third-order valence-electron chi connectivity index (χ3n) is 2.41. The first-order chi connectivity index (χ1) is 8.13. The Kier molecular flexibility index (Phi) is 4.05. The smallest absolute Gasteiger partial charge is 0.126 e. The molecule has 1 heterocycles. The lowest BCUT2D eigenvalue weighted by molar-refractivity contribution is 0.823. The van der Waals surface area contributed by atoms with Gasteiger partial charge in [-0.15, -0.1) is 11.3 Å². The summed E-state index contributed by atoms with van der Waals surface area (Å²) in [6.45, 7) is 2.81. The molecular weight excluding hydrogens is 275 g/mol. The Morgan fingerprint density at radius 3 is 2.53 bits per heavy atom. The van der Waals surface area contributed by atoms with Crippen LogP contribution in [0.1, 0.15) is 10.6 Å². The highest BCUT2D eigenvalue weighted by molar-refractivity contribution is 7.15. The molecular formula is C12H12Cl2N2S. The Balaban J connectivity index is 2.50. The Hall–Kier alpha value is -0.610. The van der Waals surface area contributed by atoms with E-state index in [-0.39, 0.29) is 0 Å². The average molecular weight is 287 g/mol.